The maximum atomic E-state index is 12.3. The third-order valence-electron chi connectivity index (χ3n) is 3.99. The number of nitrogens with one attached hydrogen (secondary N) is 1. The second-order valence-corrected chi connectivity index (χ2v) is 6.06. The van der Waals surface area contributed by atoms with E-state index in [0.29, 0.717) is 11.3 Å². The molecule has 2 rings (SSSR count). The van der Waals surface area contributed by atoms with Gasteiger partial charge < -0.3 is 14.8 Å². The molecule has 0 saturated heterocycles. The normalized spacial score (nSPS) is 11.5. The average molecular weight is 355 g/mol. The minimum atomic E-state index is -0.703. The summed E-state index contributed by atoms with van der Waals surface area (Å²) in [6, 6.07) is 14.5. The standard InChI is InChI=1S/C21H25NO4/c1-4-5-6-16-7-11-18(12-8-16)22-20(23)17-9-13-19(14-10-17)26-15(2)21(24)25-3/h7-15H,4-6H2,1-3H3,(H,22,23)/t15-/m0/s1. The summed E-state index contributed by atoms with van der Waals surface area (Å²) in [5, 5.41) is 2.88. The van der Waals surface area contributed by atoms with E-state index in [-0.39, 0.29) is 5.91 Å². The van der Waals surface area contributed by atoms with Crippen LogP contribution >= 0.6 is 0 Å². The molecule has 0 fully saturated rings. The van der Waals surface area contributed by atoms with Crippen molar-refractivity contribution in [1.82, 2.24) is 0 Å². The van der Waals surface area contributed by atoms with Gasteiger partial charge in [-0.3, -0.25) is 4.79 Å². The van der Waals surface area contributed by atoms with E-state index < -0.39 is 12.1 Å². The molecule has 1 amide bonds. The van der Waals surface area contributed by atoms with Gasteiger partial charge >= 0.3 is 5.97 Å². The largest absolute Gasteiger partial charge is 0.479 e. The number of amides is 1. The van der Waals surface area contributed by atoms with Crippen LogP contribution in [0.5, 0.6) is 5.75 Å². The van der Waals surface area contributed by atoms with E-state index in [1.807, 2.05) is 24.3 Å². The Kier molecular flexibility index (Phi) is 7.21. The Labute approximate surface area is 154 Å². The second kappa shape index (κ2) is 9.61. The van der Waals surface area contributed by atoms with Gasteiger partial charge in [-0.25, -0.2) is 4.79 Å². The Morgan fingerprint density at radius 2 is 1.69 bits per heavy atom. The molecule has 0 aliphatic rings. The van der Waals surface area contributed by atoms with Crippen LogP contribution < -0.4 is 10.1 Å². The third-order valence-corrected chi connectivity index (χ3v) is 3.99. The van der Waals surface area contributed by atoms with Crippen LogP contribution in [0.15, 0.2) is 48.5 Å². The molecule has 0 bridgehead atoms. The summed E-state index contributed by atoms with van der Waals surface area (Å²) in [6.07, 6.45) is 2.67. The summed E-state index contributed by atoms with van der Waals surface area (Å²) in [7, 11) is 1.31. The molecule has 0 saturated carbocycles. The summed E-state index contributed by atoms with van der Waals surface area (Å²) in [5.74, 6) is -0.146. The summed E-state index contributed by atoms with van der Waals surface area (Å²) in [4.78, 5) is 23.7. The number of unbranched alkanes of at least 4 members (excludes halogenated alkanes) is 1. The van der Waals surface area contributed by atoms with Gasteiger partial charge in [0.05, 0.1) is 7.11 Å². The van der Waals surface area contributed by atoms with Crippen LogP contribution in [0.25, 0.3) is 0 Å². The number of hydrogen-bond acceptors (Lipinski definition) is 4. The fourth-order valence-corrected chi connectivity index (χ4v) is 2.44. The van der Waals surface area contributed by atoms with Crippen LogP contribution in [0.1, 0.15) is 42.6 Å². The lowest BCUT2D eigenvalue weighted by atomic mass is 10.1. The van der Waals surface area contributed by atoms with Gasteiger partial charge in [-0.1, -0.05) is 25.5 Å². The molecule has 2 aromatic rings. The van der Waals surface area contributed by atoms with Crippen molar-refractivity contribution >= 4 is 17.6 Å². The number of rotatable bonds is 8. The molecule has 5 nitrogen and oxygen atoms in total. The summed E-state index contributed by atoms with van der Waals surface area (Å²) >= 11 is 0. The quantitative estimate of drug-likeness (QED) is 0.720. The predicted molar refractivity (Wildman–Crippen MR) is 102 cm³/mol. The van der Waals surface area contributed by atoms with Crippen LogP contribution in [0.4, 0.5) is 5.69 Å². The smallest absolute Gasteiger partial charge is 0.346 e. The average Bonchev–Trinajstić information content (AvgIpc) is 2.67. The first kappa shape index (κ1) is 19.5. The number of methoxy groups -OCH3 is 1. The van der Waals surface area contributed by atoms with Crippen LogP contribution in [0, 0.1) is 0 Å². The number of aryl methyl sites for hydroxylation is 1. The van der Waals surface area contributed by atoms with Crippen molar-refractivity contribution in [3.05, 3.63) is 59.7 Å². The number of anilines is 1. The first-order valence-electron chi connectivity index (χ1n) is 8.78. The van der Waals surface area contributed by atoms with Gasteiger partial charge in [0.1, 0.15) is 5.75 Å². The van der Waals surface area contributed by atoms with E-state index in [2.05, 4.69) is 17.0 Å². The summed E-state index contributed by atoms with van der Waals surface area (Å²) in [6.45, 7) is 3.78. The van der Waals surface area contributed by atoms with Crippen molar-refractivity contribution in [2.75, 3.05) is 12.4 Å². The SMILES string of the molecule is CCCCc1ccc(NC(=O)c2ccc(O[C@@H](C)C(=O)OC)cc2)cc1. The molecule has 5 heteroatoms. The number of benzene rings is 2. The Morgan fingerprint density at radius 3 is 2.27 bits per heavy atom. The Balaban J connectivity index is 1.94. The molecule has 0 heterocycles. The molecular formula is C21H25NO4. The monoisotopic (exact) mass is 355 g/mol. The number of esters is 1. The highest BCUT2D eigenvalue weighted by molar-refractivity contribution is 6.04. The van der Waals surface area contributed by atoms with E-state index in [1.54, 1.807) is 31.2 Å². The molecule has 26 heavy (non-hydrogen) atoms. The topological polar surface area (TPSA) is 64.6 Å². The third kappa shape index (κ3) is 5.62. The zero-order valence-electron chi connectivity index (χ0n) is 15.5. The van der Waals surface area contributed by atoms with Gasteiger partial charge in [0, 0.05) is 11.3 Å². The first-order valence-corrected chi connectivity index (χ1v) is 8.78. The Hall–Kier alpha value is -2.82. The fourth-order valence-electron chi connectivity index (χ4n) is 2.44. The molecule has 0 radical (unpaired) electrons. The molecule has 2 aromatic carbocycles. The van der Waals surface area contributed by atoms with Crippen molar-refractivity contribution < 1.29 is 19.1 Å². The number of ether oxygens (including phenoxy) is 2. The Bertz CT molecular complexity index is 723. The maximum absolute atomic E-state index is 12.3. The molecule has 0 aliphatic carbocycles. The molecule has 0 aliphatic heterocycles. The highest BCUT2D eigenvalue weighted by atomic mass is 16.6. The van der Waals surface area contributed by atoms with Crippen molar-refractivity contribution in [3.8, 4) is 5.75 Å². The van der Waals surface area contributed by atoms with E-state index in [1.165, 1.54) is 12.7 Å². The lowest BCUT2D eigenvalue weighted by Gasteiger charge is -2.12. The lowest BCUT2D eigenvalue weighted by Crippen LogP contribution is -2.24. The minimum absolute atomic E-state index is 0.195. The fraction of sp³-hybridized carbons (Fsp3) is 0.333. The number of hydrogen-bond donors (Lipinski definition) is 1. The minimum Gasteiger partial charge on any atom is -0.479 e. The van der Waals surface area contributed by atoms with Gasteiger partial charge in [0.15, 0.2) is 6.10 Å². The number of carbonyl (C=O) groups excluding carboxylic acids is 2. The van der Waals surface area contributed by atoms with Gasteiger partial charge in [0.2, 0.25) is 0 Å². The number of carbonyl (C=O) groups is 2. The van der Waals surface area contributed by atoms with Crippen LogP contribution in [-0.2, 0) is 16.0 Å². The lowest BCUT2D eigenvalue weighted by molar-refractivity contribution is -0.147. The van der Waals surface area contributed by atoms with Crippen LogP contribution in [-0.4, -0.2) is 25.1 Å². The van der Waals surface area contributed by atoms with Gasteiger partial charge in [-0.2, -0.15) is 0 Å². The first-order chi connectivity index (χ1) is 12.5. The van der Waals surface area contributed by atoms with Crippen molar-refractivity contribution in [3.63, 3.8) is 0 Å². The van der Waals surface area contributed by atoms with E-state index in [0.717, 1.165) is 24.9 Å². The zero-order chi connectivity index (χ0) is 18.9. The molecular weight excluding hydrogens is 330 g/mol. The van der Waals surface area contributed by atoms with Crippen LogP contribution in [0.2, 0.25) is 0 Å². The highest BCUT2D eigenvalue weighted by Crippen LogP contribution is 2.17. The van der Waals surface area contributed by atoms with Gasteiger partial charge in [0.25, 0.3) is 5.91 Å². The van der Waals surface area contributed by atoms with Crippen LogP contribution in [0.3, 0.4) is 0 Å². The molecule has 0 unspecified atom stereocenters. The second-order valence-electron chi connectivity index (χ2n) is 6.06. The molecule has 138 valence electrons. The van der Waals surface area contributed by atoms with Gasteiger partial charge in [-0.15, -0.1) is 0 Å². The maximum Gasteiger partial charge on any atom is 0.346 e. The summed E-state index contributed by atoms with van der Waals surface area (Å²) in [5.41, 5.74) is 2.54. The van der Waals surface area contributed by atoms with Crippen molar-refractivity contribution in [2.45, 2.75) is 39.2 Å². The predicted octanol–water partition coefficient (Wildman–Crippen LogP) is 4.22. The van der Waals surface area contributed by atoms with Crippen molar-refractivity contribution in [2.24, 2.45) is 0 Å². The Morgan fingerprint density at radius 1 is 1.04 bits per heavy atom. The molecule has 0 aromatic heterocycles. The van der Waals surface area contributed by atoms with E-state index in [9.17, 15) is 9.59 Å². The highest BCUT2D eigenvalue weighted by Gasteiger charge is 2.15. The van der Waals surface area contributed by atoms with E-state index in [4.69, 9.17) is 4.74 Å². The van der Waals surface area contributed by atoms with Crippen molar-refractivity contribution in [1.29, 1.82) is 0 Å². The van der Waals surface area contributed by atoms with E-state index >= 15 is 0 Å². The molecule has 1 atom stereocenters. The van der Waals surface area contributed by atoms with Gasteiger partial charge in [-0.05, 0) is 61.7 Å². The molecule has 1 N–H and O–H groups in total. The zero-order valence-corrected chi connectivity index (χ0v) is 15.5. The molecule has 0 spiro atoms. The summed E-state index contributed by atoms with van der Waals surface area (Å²) < 4.78 is 10.1.